The molecular weight excluding hydrogens is 256 g/mol. The first kappa shape index (κ1) is 17.1. The van der Waals surface area contributed by atoms with Crippen molar-refractivity contribution in [1.29, 1.82) is 0 Å². The summed E-state index contributed by atoms with van der Waals surface area (Å²) in [6, 6.07) is 0. The number of carbonyl (C=O) groups is 1. The first-order valence-electron chi connectivity index (χ1n) is 5.95. The lowest BCUT2D eigenvalue weighted by Crippen LogP contribution is -2.46. The molecule has 0 radical (unpaired) electrons. The summed E-state index contributed by atoms with van der Waals surface area (Å²) in [7, 11) is -0.877. The molecule has 0 aliphatic carbocycles. The summed E-state index contributed by atoms with van der Waals surface area (Å²) in [5, 5.41) is 3.25. The summed E-state index contributed by atoms with van der Waals surface area (Å²) >= 11 is 0. The Morgan fingerprint density at radius 2 is 1.83 bits per heavy atom. The van der Waals surface area contributed by atoms with Crippen LogP contribution in [0.15, 0.2) is 11.1 Å². The fraction of sp³-hybridized carbons (Fsp3) is 0.727. The number of nitrogens with one attached hydrogen (secondary N) is 1. The van der Waals surface area contributed by atoms with Gasteiger partial charge in [-0.1, -0.05) is 13.8 Å². The number of likely N-dealkylation sites (N-methyl/N-ethyl adjacent to an activating group) is 1. The van der Waals surface area contributed by atoms with Crippen LogP contribution in [0.2, 0.25) is 0 Å². The van der Waals surface area contributed by atoms with Crippen molar-refractivity contribution in [3.05, 3.63) is 11.1 Å². The summed E-state index contributed by atoms with van der Waals surface area (Å²) in [5.41, 5.74) is 0.0350. The number of hydrogen-bond donors (Lipinski definition) is 2. The Hall–Kier alpha value is -0.920. The molecule has 0 saturated heterocycles. The van der Waals surface area contributed by atoms with Crippen molar-refractivity contribution >= 4 is 16.0 Å². The van der Waals surface area contributed by atoms with Gasteiger partial charge in [0.15, 0.2) is 0 Å². The molecule has 0 atom stereocenters. The monoisotopic (exact) mass is 279 g/mol. The third-order valence-corrected chi connectivity index (χ3v) is 2.98. The van der Waals surface area contributed by atoms with Crippen molar-refractivity contribution in [2.45, 2.75) is 26.7 Å². The van der Waals surface area contributed by atoms with Crippen molar-refractivity contribution < 1.29 is 22.2 Å². The van der Waals surface area contributed by atoms with Crippen molar-refractivity contribution in [2.24, 2.45) is 0 Å². The average Bonchev–Trinajstić information content (AvgIpc) is 2.21. The number of carbonyl (C=O) groups excluding carboxylic acids is 1. The molecule has 0 unspecified atom stereocenters. The molecule has 0 aromatic heterocycles. The maximum Gasteiger partial charge on any atom is 0.306 e. The fourth-order valence-electron chi connectivity index (χ4n) is 1.62. The number of rotatable bonds is 7. The van der Waals surface area contributed by atoms with Crippen LogP contribution in [0, 0.1) is 0 Å². The van der Waals surface area contributed by atoms with Crippen molar-refractivity contribution in [1.82, 2.24) is 5.32 Å². The summed E-state index contributed by atoms with van der Waals surface area (Å²) in [6.45, 7) is 4.90. The smallest absolute Gasteiger partial charge is 0.306 e. The van der Waals surface area contributed by atoms with Crippen molar-refractivity contribution in [3.8, 4) is 0 Å². The van der Waals surface area contributed by atoms with E-state index in [2.05, 4.69) is 5.32 Å². The van der Waals surface area contributed by atoms with E-state index in [-0.39, 0.29) is 10.2 Å². The lowest BCUT2D eigenvalue weighted by molar-refractivity contribution is -0.847. The Morgan fingerprint density at radius 1 is 1.28 bits per heavy atom. The van der Waals surface area contributed by atoms with Crippen LogP contribution in [-0.2, 0) is 14.9 Å². The highest BCUT2D eigenvalue weighted by Crippen LogP contribution is 2.14. The van der Waals surface area contributed by atoms with Gasteiger partial charge in [0, 0.05) is 6.54 Å². The molecule has 18 heavy (non-hydrogen) atoms. The zero-order chi connectivity index (χ0) is 14.4. The molecule has 6 nitrogen and oxygen atoms in total. The van der Waals surface area contributed by atoms with Gasteiger partial charge in [0.25, 0.3) is 10.1 Å². The highest BCUT2D eigenvalue weighted by molar-refractivity contribution is 7.88. The van der Waals surface area contributed by atoms with E-state index >= 15 is 0 Å². The molecule has 0 spiro atoms. The van der Waals surface area contributed by atoms with E-state index in [9.17, 15) is 13.2 Å². The number of quaternary nitrogens is 1. The highest BCUT2D eigenvalue weighted by Gasteiger charge is 2.30. The highest BCUT2D eigenvalue weighted by atomic mass is 32.2. The minimum absolute atomic E-state index is 0.0350. The molecule has 0 rings (SSSR count). The first-order chi connectivity index (χ1) is 8.14. The van der Waals surface area contributed by atoms with Gasteiger partial charge < -0.3 is 5.32 Å². The Labute approximate surface area is 109 Å². The van der Waals surface area contributed by atoms with E-state index in [1.165, 1.54) is 0 Å². The van der Waals surface area contributed by atoms with Gasteiger partial charge in [-0.2, -0.15) is 8.42 Å². The second-order valence-corrected chi connectivity index (χ2v) is 5.95. The van der Waals surface area contributed by atoms with Crippen molar-refractivity contribution in [2.75, 3.05) is 27.2 Å². The lowest BCUT2D eigenvalue weighted by atomic mass is 10.3. The van der Waals surface area contributed by atoms with E-state index < -0.39 is 16.0 Å². The molecule has 7 heteroatoms. The van der Waals surface area contributed by atoms with Crippen LogP contribution in [0.25, 0.3) is 0 Å². The standard InChI is InChI=1S/C11H22N2O4S/c1-5-7-12-11(14)10(9-18(15,16)17)13(3,4)8-6-2/h9H,5-8H2,1-4H3,(H-,12,14,15,16,17)/p+1. The van der Waals surface area contributed by atoms with Crippen LogP contribution in [0.3, 0.4) is 0 Å². The maximum atomic E-state index is 11.9. The zero-order valence-electron chi connectivity index (χ0n) is 11.4. The van der Waals surface area contributed by atoms with E-state index in [4.69, 9.17) is 4.55 Å². The van der Waals surface area contributed by atoms with Crippen LogP contribution in [0.4, 0.5) is 0 Å². The van der Waals surface area contributed by atoms with Crippen molar-refractivity contribution in [3.63, 3.8) is 0 Å². The van der Waals surface area contributed by atoms with Crippen LogP contribution >= 0.6 is 0 Å². The van der Waals surface area contributed by atoms with Crippen LogP contribution in [0.1, 0.15) is 26.7 Å². The molecule has 0 aromatic rings. The Kier molecular flexibility index (Phi) is 6.51. The predicted octanol–water partition coefficient (Wildman–Crippen LogP) is 0.728. The predicted molar refractivity (Wildman–Crippen MR) is 70.2 cm³/mol. The molecule has 1 amide bonds. The lowest BCUT2D eigenvalue weighted by Gasteiger charge is -2.30. The SMILES string of the molecule is CCCNC(=O)C(=CS(=O)(=O)O)[N+](C)(C)CCC. The molecule has 0 aliphatic heterocycles. The van der Waals surface area contributed by atoms with Gasteiger partial charge in [0.2, 0.25) is 5.70 Å². The van der Waals surface area contributed by atoms with Crippen LogP contribution < -0.4 is 5.32 Å². The van der Waals surface area contributed by atoms with Gasteiger partial charge in [0.1, 0.15) is 5.41 Å². The minimum atomic E-state index is -4.33. The van der Waals surface area contributed by atoms with Crippen LogP contribution in [0.5, 0.6) is 0 Å². The molecular formula is C11H23N2O4S+. The zero-order valence-corrected chi connectivity index (χ0v) is 12.2. The summed E-state index contributed by atoms with van der Waals surface area (Å²) in [4.78, 5) is 11.9. The van der Waals surface area contributed by atoms with Gasteiger partial charge in [-0.05, 0) is 12.8 Å². The van der Waals surface area contributed by atoms with E-state index in [1.54, 1.807) is 14.1 Å². The Morgan fingerprint density at radius 3 is 2.22 bits per heavy atom. The van der Waals surface area contributed by atoms with E-state index in [0.29, 0.717) is 18.5 Å². The van der Waals surface area contributed by atoms with Gasteiger partial charge in [0.05, 0.1) is 20.6 Å². The molecule has 0 heterocycles. The molecule has 0 aliphatic rings. The Balaban J connectivity index is 5.32. The third-order valence-electron chi connectivity index (χ3n) is 2.46. The van der Waals surface area contributed by atoms with Gasteiger partial charge >= 0.3 is 5.91 Å². The molecule has 106 valence electrons. The Bertz CT molecular complexity index is 413. The normalized spacial score (nSPS) is 13.5. The minimum Gasteiger partial charge on any atom is -0.347 e. The summed E-state index contributed by atoms with van der Waals surface area (Å²) in [6.07, 6.45) is 1.54. The van der Waals surface area contributed by atoms with E-state index in [1.807, 2.05) is 13.8 Å². The van der Waals surface area contributed by atoms with Crippen LogP contribution in [-0.4, -0.2) is 50.5 Å². The quantitative estimate of drug-likeness (QED) is 0.409. The largest absolute Gasteiger partial charge is 0.347 e. The first-order valence-corrected chi connectivity index (χ1v) is 7.45. The number of hydrogen-bond acceptors (Lipinski definition) is 3. The second-order valence-electron chi connectivity index (χ2n) is 4.68. The summed E-state index contributed by atoms with van der Waals surface area (Å²) < 4.78 is 30.9. The topological polar surface area (TPSA) is 83.5 Å². The maximum absolute atomic E-state index is 11.9. The van der Waals surface area contributed by atoms with E-state index in [0.717, 1.165) is 12.8 Å². The van der Waals surface area contributed by atoms with Gasteiger partial charge in [-0.15, -0.1) is 0 Å². The third kappa shape index (κ3) is 6.13. The molecule has 2 N–H and O–H groups in total. The molecule has 0 bridgehead atoms. The molecule has 0 aromatic carbocycles. The number of amides is 1. The van der Waals surface area contributed by atoms with Gasteiger partial charge in [-0.3, -0.25) is 13.8 Å². The molecule has 0 fully saturated rings. The number of nitrogens with zero attached hydrogens (tertiary/aromatic N) is 1. The summed E-state index contributed by atoms with van der Waals surface area (Å²) in [5.74, 6) is -0.465. The molecule has 0 saturated carbocycles. The second kappa shape index (κ2) is 6.86. The average molecular weight is 279 g/mol. The fourth-order valence-corrected chi connectivity index (χ4v) is 2.30. The van der Waals surface area contributed by atoms with Gasteiger partial charge in [-0.25, -0.2) is 0 Å².